The summed E-state index contributed by atoms with van der Waals surface area (Å²) in [6, 6.07) is 7.13. The Labute approximate surface area is 192 Å². The second kappa shape index (κ2) is 11.4. The fraction of sp³-hybridized carbons (Fsp3) is 0.632. The zero-order chi connectivity index (χ0) is 20.8. The minimum atomic E-state index is -3.52. The highest BCUT2D eigenvalue weighted by Gasteiger charge is 2.29. The van der Waals surface area contributed by atoms with Crippen LogP contribution < -0.4 is 10.6 Å². The standard InChI is InChI=1S/C19H33N5O3S.HI/c1-19(2,27-5)15-22-18(20-3)21-14-16-8-6-7-9-17(16)28(25,26)24-12-10-23(4)11-13-24;/h6-9H,10-15H2,1-5H3,(H2,20,21,22);1H. The number of methoxy groups -OCH3 is 1. The molecule has 0 atom stereocenters. The van der Waals surface area contributed by atoms with Crippen molar-refractivity contribution >= 4 is 40.0 Å². The third-order valence-corrected chi connectivity index (χ3v) is 6.96. The van der Waals surface area contributed by atoms with Crippen LogP contribution in [0.5, 0.6) is 0 Å². The molecule has 1 aromatic carbocycles. The van der Waals surface area contributed by atoms with Crippen LogP contribution in [0.1, 0.15) is 19.4 Å². The SMILES string of the molecule is CN=C(NCc1ccccc1S(=O)(=O)N1CCN(C)CC1)NCC(C)(C)OC.I. The Morgan fingerprint density at radius 2 is 1.79 bits per heavy atom. The zero-order valence-corrected chi connectivity index (χ0v) is 21.1. The Balaban J connectivity index is 0.00000420. The number of hydrogen-bond acceptors (Lipinski definition) is 5. The Hall–Kier alpha value is -0.950. The molecule has 0 spiro atoms. The Morgan fingerprint density at radius 3 is 2.38 bits per heavy atom. The molecule has 0 amide bonds. The van der Waals surface area contributed by atoms with Crippen LogP contribution in [0.15, 0.2) is 34.2 Å². The smallest absolute Gasteiger partial charge is 0.243 e. The van der Waals surface area contributed by atoms with Crippen LogP contribution in [-0.4, -0.2) is 83.1 Å². The van der Waals surface area contributed by atoms with Crippen molar-refractivity contribution in [2.75, 3.05) is 53.9 Å². The number of aliphatic imine (C=N–C) groups is 1. The van der Waals surface area contributed by atoms with E-state index in [4.69, 9.17) is 4.74 Å². The molecule has 0 radical (unpaired) electrons. The first-order valence-electron chi connectivity index (χ1n) is 9.46. The van der Waals surface area contributed by atoms with E-state index in [9.17, 15) is 8.42 Å². The molecule has 1 aliphatic rings. The molecule has 0 saturated carbocycles. The molecule has 1 heterocycles. The number of sulfonamides is 1. The lowest BCUT2D eigenvalue weighted by Gasteiger charge is -2.32. The van der Waals surface area contributed by atoms with Gasteiger partial charge in [-0.25, -0.2) is 8.42 Å². The fourth-order valence-electron chi connectivity index (χ4n) is 2.84. The van der Waals surface area contributed by atoms with Crippen molar-refractivity contribution in [1.29, 1.82) is 0 Å². The molecule has 1 saturated heterocycles. The summed E-state index contributed by atoms with van der Waals surface area (Å²) < 4.78 is 33.3. The van der Waals surface area contributed by atoms with Crippen molar-refractivity contribution in [3.05, 3.63) is 29.8 Å². The Morgan fingerprint density at radius 1 is 1.17 bits per heavy atom. The largest absolute Gasteiger partial charge is 0.377 e. The van der Waals surface area contributed by atoms with Crippen molar-refractivity contribution in [2.24, 2.45) is 4.99 Å². The molecule has 0 aromatic heterocycles. The highest BCUT2D eigenvalue weighted by molar-refractivity contribution is 14.0. The summed E-state index contributed by atoms with van der Waals surface area (Å²) in [5.41, 5.74) is 0.385. The van der Waals surface area contributed by atoms with E-state index in [2.05, 4.69) is 20.5 Å². The van der Waals surface area contributed by atoms with Crippen LogP contribution >= 0.6 is 24.0 Å². The molecular weight excluding hydrogens is 505 g/mol. The molecule has 1 aliphatic heterocycles. The molecule has 0 bridgehead atoms. The number of nitrogens with zero attached hydrogens (tertiary/aromatic N) is 3. The number of piperazine rings is 1. The van der Waals surface area contributed by atoms with E-state index in [0.717, 1.165) is 18.7 Å². The van der Waals surface area contributed by atoms with Crippen molar-refractivity contribution in [3.8, 4) is 0 Å². The van der Waals surface area contributed by atoms with Crippen molar-refractivity contribution in [2.45, 2.75) is 30.9 Å². The quantitative estimate of drug-likeness (QED) is 0.309. The third kappa shape index (κ3) is 7.35. The molecule has 2 rings (SSSR count). The van der Waals surface area contributed by atoms with Gasteiger partial charge in [0, 0.05) is 53.4 Å². The van der Waals surface area contributed by atoms with E-state index >= 15 is 0 Å². The van der Waals surface area contributed by atoms with Gasteiger partial charge >= 0.3 is 0 Å². The van der Waals surface area contributed by atoms with E-state index in [-0.39, 0.29) is 29.6 Å². The second-order valence-electron chi connectivity index (χ2n) is 7.56. The monoisotopic (exact) mass is 539 g/mol. The van der Waals surface area contributed by atoms with Gasteiger partial charge in [0.2, 0.25) is 10.0 Å². The summed E-state index contributed by atoms with van der Waals surface area (Å²) in [5, 5.41) is 6.40. The lowest BCUT2D eigenvalue weighted by molar-refractivity contribution is 0.0268. The number of ether oxygens (including phenoxy) is 1. The van der Waals surface area contributed by atoms with Crippen molar-refractivity contribution < 1.29 is 13.2 Å². The third-order valence-electron chi connectivity index (χ3n) is 4.96. The van der Waals surface area contributed by atoms with Crippen molar-refractivity contribution in [1.82, 2.24) is 19.8 Å². The molecule has 29 heavy (non-hydrogen) atoms. The topological polar surface area (TPSA) is 86.3 Å². The molecule has 1 aromatic rings. The summed E-state index contributed by atoms with van der Waals surface area (Å²) in [4.78, 5) is 6.69. The Bertz CT molecular complexity index is 778. The number of guanidine groups is 1. The van der Waals surface area contributed by atoms with E-state index in [1.165, 1.54) is 0 Å². The molecule has 10 heteroatoms. The predicted molar refractivity (Wildman–Crippen MR) is 127 cm³/mol. The second-order valence-corrected chi connectivity index (χ2v) is 9.46. The number of benzene rings is 1. The van der Waals surface area contributed by atoms with E-state index in [1.54, 1.807) is 30.6 Å². The van der Waals surface area contributed by atoms with Gasteiger partial charge in [0.05, 0.1) is 10.5 Å². The summed E-state index contributed by atoms with van der Waals surface area (Å²) in [6.07, 6.45) is 0. The van der Waals surface area contributed by atoms with Gasteiger partial charge in [-0.2, -0.15) is 4.31 Å². The first-order valence-corrected chi connectivity index (χ1v) is 10.9. The van der Waals surface area contributed by atoms with Gasteiger partial charge < -0.3 is 20.3 Å². The maximum Gasteiger partial charge on any atom is 0.243 e. The van der Waals surface area contributed by atoms with Crippen LogP contribution in [-0.2, 0) is 21.3 Å². The van der Waals surface area contributed by atoms with Gasteiger partial charge in [0.25, 0.3) is 0 Å². The number of hydrogen-bond donors (Lipinski definition) is 2. The maximum atomic E-state index is 13.1. The van der Waals surface area contributed by atoms with Crippen LogP contribution in [0.25, 0.3) is 0 Å². The van der Waals surface area contributed by atoms with Gasteiger partial charge in [-0.05, 0) is 32.5 Å². The minimum absolute atomic E-state index is 0. The summed E-state index contributed by atoms with van der Waals surface area (Å²) >= 11 is 0. The summed E-state index contributed by atoms with van der Waals surface area (Å²) in [7, 11) is 1.83. The van der Waals surface area contributed by atoms with Crippen molar-refractivity contribution in [3.63, 3.8) is 0 Å². The van der Waals surface area contributed by atoms with Crippen LogP contribution in [0, 0.1) is 0 Å². The van der Waals surface area contributed by atoms with Gasteiger partial charge in [0.15, 0.2) is 5.96 Å². The van der Waals surface area contributed by atoms with E-state index in [0.29, 0.717) is 37.0 Å². The molecule has 1 fully saturated rings. The summed E-state index contributed by atoms with van der Waals surface area (Å²) in [6.45, 7) is 7.39. The maximum absolute atomic E-state index is 13.1. The molecule has 0 unspecified atom stereocenters. The number of likely N-dealkylation sites (N-methyl/N-ethyl adjacent to an activating group) is 1. The average molecular weight is 539 g/mol. The summed E-state index contributed by atoms with van der Waals surface area (Å²) in [5.74, 6) is 0.594. The average Bonchev–Trinajstić information content (AvgIpc) is 2.68. The molecular formula is C19H34IN5O3S. The zero-order valence-electron chi connectivity index (χ0n) is 17.9. The van der Waals surface area contributed by atoms with E-state index < -0.39 is 10.0 Å². The lowest BCUT2D eigenvalue weighted by atomic mass is 10.1. The molecule has 2 N–H and O–H groups in total. The highest BCUT2D eigenvalue weighted by atomic mass is 127. The first-order chi connectivity index (χ1) is 13.2. The number of nitrogens with one attached hydrogen (secondary N) is 2. The van der Waals surface area contributed by atoms with Crippen LogP contribution in [0.2, 0.25) is 0 Å². The number of rotatable bonds is 7. The lowest BCUT2D eigenvalue weighted by Crippen LogP contribution is -2.47. The van der Waals surface area contributed by atoms with Crippen LogP contribution in [0.3, 0.4) is 0 Å². The van der Waals surface area contributed by atoms with Gasteiger partial charge in [-0.1, -0.05) is 18.2 Å². The minimum Gasteiger partial charge on any atom is -0.377 e. The van der Waals surface area contributed by atoms with Gasteiger partial charge in [-0.3, -0.25) is 4.99 Å². The predicted octanol–water partition coefficient (Wildman–Crippen LogP) is 1.33. The first kappa shape index (κ1) is 26.1. The molecule has 8 nitrogen and oxygen atoms in total. The number of halogens is 1. The van der Waals surface area contributed by atoms with Gasteiger partial charge in [-0.15, -0.1) is 24.0 Å². The molecule has 0 aliphatic carbocycles. The normalized spacial score (nSPS) is 16.9. The molecule has 166 valence electrons. The fourth-order valence-corrected chi connectivity index (χ4v) is 4.48. The van der Waals surface area contributed by atoms with E-state index in [1.807, 2.05) is 33.0 Å². The van der Waals surface area contributed by atoms with Gasteiger partial charge in [0.1, 0.15) is 0 Å². The highest BCUT2D eigenvalue weighted by Crippen LogP contribution is 2.21. The van der Waals surface area contributed by atoms with Crippen LogP contribution in [0.4, 0.5) is 0 Å². The Kier molecular flexibility index (Phi) is 10.3.